The van der Waals surface area contributed by atoms with Crippen LogP contribution in [-0.2, 0) is 9.59 Å². The standard InChI is InChI=1S/2C26H31ClN2O3/c2*1-17(2)24-25(30)28-22(19-11-9-12-20(27)16-19)14-7-5-10-18(3)32-23-15-8-6-13-21(23)26(31)29(24)4/h2*5-9,11-13,15-18,22,24H,10,14H2,1-4H3,(H,28,30)/b7-5+;7-5-/t2*18-,22+,24+/m00/s1. The van der Waals surface area contributed by atoms with Gasteiger partial charge in [0.25, 0.3) is 11.8 Å². The normalized spacial score (nSPS) is 23.7. The Morgan fingerprint density at radius 3 is 1.25 bits per heavy atom. The highest BCUT2D eigenvalue weighted by Crippen LogP contribution is 2.29. The van der Waals surface area contributed by atoms with Crippen LogP contribution in [0.2, 0.25) is 10.0 Å². The predicted octanol–water partition coefficient (Wildman–Crippen LogP) is 10.8. The van der Waals surface area contributed by atoms with Crippen molar-refractivity contribution in [2.45, 2.75) is 104 Å². The summed E-state index contributed by atoms with van der Waals surface area (Å²) >= 11 is 12.4. The summed E-state index contributed by atoms with van der Waals surface area (Å²) in [6, 6.07) is 27.6. The number of nitrogens with zero attached hydrogens (tertiary/aromatic N) is 2. The molecular formula is C52H62Cl2N4O6. The zero-order chi connectivity index (χ0) is 46.5. The van der Waals surface area contributed by atoms with Crippen LogP contribution in [0.3, 0.4) is 0 Å². The van der Waals surface area contributed by atoms with Gasteiger partial charge in [-0.1, -0.05) is 124 Å². The van der Waals surface area contributed by atoms with Crippen LogP contribution in [0.15, 0.2) is 121 Å². The summed E-state index contributed by atoms with van der Waals surface area (Å²) in [4.78, 5) is 56.7. The molecule has 0 bridgehead atoms. The molecule has 6 atom stereocenters. The fourth-order valence-corrected chi connectivity index (χ4v) is 8.46. The first-order valence-corrected chi connectivity index (χ1v) is 22.8. The monoisotopic (exact) mass is 908 g/mol. The quantitative estimate of drug-likeness (QED) is 0.197. The largest absolute Gasteiger partial charge is 0.490 e. The van der Waals surface area contributed by atoms with Gasteiger partial charge in [-0.25, -0.2) is 0 Å². The Labute approximate surface area is 389 Å². The Morgan fingerprint density at radius 1 is 0.531 bits per heavy atom. The van der Waals surface area contributed by atoms with E-state index < -0.39 is 12.1 Å². The summed E-state index contributed by atoms with van der Waals surface area (Å²) in [5, 5.41) is 7.55. The first-order chi connectivity index (χ1) is 30.5. The Hall–Kier alpha value is -5.58. The van der Waals surface area contributed by atoms with Gasteiger partial charge in [0.15, 0.2) is 0 Å². The predicted molar refractivity (Wildman–Crippen MR) is 256 cm³/mol. The molecule has 0 unspecified atom stereocenters. The first kappa shape index (κ1) is 49.4. The molecule has 10 nitrogen and oxygen atoms in total. The van der Waals surface area contributed by atoms with E-state index in [1.807, 2.05) is 102 Å². The van der Waals surface area contributed by atoms with Gasteiger partial charge < -0.3 is 29.9 Å². The van der Waals surface area contributed by atoms with Gasteiger partial charge in [-0.3, -0.25) is 19.2 Å². The SMILES string of the molecule is CC(C)[C@@H]1C(=O)N[C@@H](c2cccc(Cl)c2)C/C=C/C[C@H](C)Oc2ccccc2C(=O)N1C.CC(C)[C@@H]1C(=O)N[C@@H](c2cccc(Cl)c2)C/C=C\C[C@H](C)Oc2ccccc2C(=O)N1C. The molecule has 2 aliphatic rings. The number of carbonyl (C=O) groups is 4. The molecule has 0 aliphatic carbocycles. The van der Waals surface area contributed by atoms with E-state index in [4.69, 9.17) is 32.7 Å². The van der Waals surface area contributed by atoms with Crippen molar-refractivity contribution in [3.63, 3.8) is 0 Å². The fourth-order valence-electron chi connectivity index (χ4n) is 8.06. The zero-order valence-corrected chi connectivity index (χ0v) is 39.6. The van der Waals surface area contributed by atoms with E-state index in [9.17, 15) is 19.2 Å². The number of benzene rings is 4. The topological polar surface area (TPSA) is 117 Å². The average Bonchev–Trinajstić information content (AvgIpc) is 3.25. The molecule has 0 fully saturated rings. The summed E-state index contributed by atoms with van der Waals surface area (Å²) in [5.41, 5.74) is 2.75. The minimum Gasteiger partial charge on any atom is -0.490 e. The number of ether oxygens (including phenoxy) is 2. The van der Waals surface area contributed by atoms with Crippen molar-refractivity contribution >= 4 is 46.8 Å². The molecule has 2 N–H and O–H groups in total. The molecule has 340 valence electrons. The molecule has 2 heterocycles. The first-order valence-electron chi connectivity index (χ1n) is 22.0. The van der Waals surface area contributed by atoms with Gasteiger partial charge in [-0.15, -0.1) is 0 Å². The van der Waals surface area contributed by atoms with Crippen molar-refractivity contribution in [1.82, 2.24) is 20.4 Å². The molecule has 2 aliphatic heterocycles. The lowest BCUT2D eigenvalue weighted by molar-refractivity contribution is -0.128. The Balaban J connectivity index is 0.000000241. The number of hydrogen-bond donors (Lipinski definition) is 2. The lowest BCUT2D eigenvalue weighted by Crippen LogP contribution is -2.51. The smallest absolute Gasteiger partial charge is 0.258 e. The third-order valence-corrected chi connectivity index (χ3v) is 11.8. The van der Waals surface area contributed by atoms with Crippen molar-refractivity contribution in [2.75, 3.05) is 14.1 Å². The van der Waals surface area contributed by atoms with Gasteiger partial charge in [0.05, 0.1) is 35.4 Å². The van der Waals surface area contributed by atoms with Crippen LogP contribution in [-0.4, -0.2) is 71.8 Å². The molecule has 0 spiro atoms. The molecule has 64 heavy (non-hydrogen) atoms. The number of carbonyl (C=O) groups excluding carboxylic acids is 4. The van der Waals surface area contributed by atoms with Crippen molar-refractivity contribution in [2.24, 2.45) is 11.8 Å². The maximum Gasteiger partial charge on any atom is 0.258 e. The lowest BCUT2D eigenvalue weighted by Gasteiger charge is -2.32. The van der Waals surface area contributed by atoms with E-state index in [0.29, 0.717) is 58.4 Å². The van der Waals surface area contributed by atoms with Gasteiger partial charge in [0, 0.05) is 37.0 Å². The second kappa shape index (κ2) is 23.4. The molecule has 0 saturated carbocycles. The Bertz CT molecular complexity index is 2140. The summed E-state index contributed by atoms with van der Waals surface area (Å²) < 4.78 is 12.2. The number of halogens is 2. The highest BCUT2D eigenvalue weighted by atomic mass is 35.5. The van der Waals surface area contributed by atoms with E-state index in [-0.39, 0.29) is 59.8 Å². The molecule has 4 aromatic carbocycles. The van der Waals surface area contributed by atoms with Gasteiger partial charge in [0.1, 0.15) is 23.6 Å². The third-order valence-electron chi connectivity index (χ3n) is 11.3. The van der Waals surface area contributed by atoms with Gasteiger partial charge in [-0.05, 0) is 98.2 Å². The second-order valence-corrected chi connectivity index (χ2v) is 18.0. The third kappa shape index (κ3) is 13.2. The molecule has 6 rings (SSSR count). The lowest BCUT2D eigenvalue weighted by atomic mass is 9.98. The Kier molecular flexibility index (Phi) is 18.1. The fraction of sp³-hybridized carbons (Fsp3) is 0.385. The molecule has 0 aromatic heterocycles. The highest BCUT2D eigenvalue weighted by molar-refractivity contribution is 6.30. The molecule has 4 aromatic rings. The summed E-state index contributed by atoms with van der Waals surface area (Å²) in [6.07, 6.45) is 10.6. The summed E-state index contributed by atoms with van der Waals surface area (Å²) in [7, 11) is 3.35. The number of hydrogen-bond acceptors (Lipinski definition) is 6. The average molecular weight is 910 g/mol. The van der Waals surface area contributed by atoms with Gasteiger partial charge in [-0.2, -0.15) is 0 Å². The number of likely N-dealkylation sites (N-methyl/N-ethyl adjacent to an activating group) is 2. The maximum atomic E-state index is 13.4. The minimum absolute atomic E-state index is 0.0839. The van der Waals surface area contributed by atoms with Crippen molar-refractivity contribution in [1.29, 1.82) is 0 Å². The van der Waals surface area contributed by atoms with Crippen LogP contribution in [0.5, 0.6) is 11.5 Å². The van der Waals surface area contributed by atoms with Gasteiger partial charge in [0.2, 0.25) is 11.8 Å². The second-order valence-electron chi connectivity index (χ2n) is 17.2. The highest BCUT2D eigenvalue weighted by Gasteiger charge is 2.35. The number of fused-ring (bicyclic) bond motifs is 2. The minimum atomic E-state index is -0.637. The van der Waals surface area contributed by atoms with Crippen LogP contribution < -0.4 is 20.1 Å². The molecular weight excluding hydrogens is 847 g/mol. The molecule has 4 amide bonds. The van der Waals surface area contributed by atoms with Crippen LogP contribution >= 0.6 is 23.2 Å². The summed E-state index contributed by atoms with van der Waals surface area (Å²) in [5.74, 6) is 0.0149. The number of rotatable bonds is 4. The number of nitrogens with one attached hydrogen (secondary N) is 2. The Morgan fingerprint density at radius 2 is 0.891 bits per heavy atom. The maximum absolute atomic E-state index is 13.4. The van der Waals surface area contributed by atoms with E-state index in [2.05, 4.69) is 34.9 Å². The zero-order valence-electron chi connectivity index (χ0n) is 38.1. The molecule has 0 saturated heterocycles. The van der Waals surface area contributed by atoms with Crippen molar-refractivity contribution < 1.29 is 28.7 Å². The van der Waals surface area contributed by atoms with E-state index in [1.165, 1.54) is 9.80 Å². The number of amides is 4. The summed E-state index contributed by atoms with van der Waals surface area (Å²) in [6.45, 7) is 11.7. The molecule has 12 heteroatoms. The van der Waals surface area contributed by atoms with Crippen LogP contribution in [0.4, 0.5) is 0 Å². The van der Waals surface area contributed by atoms with Crippen LogP contribution in [0, 0.1) is 11.8 Å². The van der Waals surface area contributed by atoms with Crippen molar-refractivity contribution in [3.05, 3.63) is 154 Å². The van der Waals surface area contributed by atoms with Crippen LogP contribution in [0.1, 0.15) is 111 Å². The van der Waals surface area contributed by atoms with Crippen LogP contribution in [0.25, 0.3) is 0 Å². The van der Waals surface area contributed by atoms with E-state index in [0.717, 1.165) is 11.1 Å². The van der Waals surface area contributed by atoms with E-state index >= 15 is 0 Å². The number of para-hydroxylation sites is 2. The van der Waals surface area contributed by atoms with Crippen molar-refractivity contribution in [3.8, 4) is 11.5 Å². The van der Waals surface area contributed by atoms with E-state index in [1.54, 1.807) is 50.5 Å². The van der Waals surface area contributed by atoms with Gasteiger partial charge >= 0.3 is 0 Å². The molecule has 0 radical (unpaired) electrons.